The minimum absolute atomic E-state index is 0.0463. The summed E-state index contributed by atoms with van der Waals surface area (Å²) in [6, 6.07) is -1.80. The maximum atomic E-state index is 11.8. The van der Waals surface area contributed by atoms with E-state index in [-0.39, 0.29) is 5.57 Å². The second kappa shape index (κ2) is 3.03. The van der Waals surface area contributed by atoms with Gasteiger partial charge in [-0.1, -0.05) is 12.2 Å². The largest absolute Gasteiger partial charge is 0.408 e. The molecule has 5 heteroatoms. The molecule has 1 unspecified atom stereocenters. The Balaban J connectivity index is 4.22. The van der Waals surface area contributed by atoms with Crippen LogP contribution >= 0.6 is 0 Å². The van der Waals surface area contributed by atoms with Gasteiger partial charge in [-0.2, -0.15) is 13.2 Å². The molecule has 0 spiro atoms. The molecule has 0 aliphatic rings. The maximum absolute atomic E-state index is 11.8. The topological polar surface area (TPSA) is 38.0 Å². The van der Waals surface area contributed by atoms with Crippen LogP contribution in [0.3, 0.4) is 0 Å². The SMILES string of the molecule is C=C(C)C(NN)C(F)(F)F. The Morgan fingerprint density at radius 3 is 2.00 bits per heavy atom. The van der Waals surface area contributed by atoms with Gasteiger partial charge < -0.3 is 0 Å². The highest BCUT2D eigenvalue weighted by Gasteiger charge is 2.39. The van der Waals surface area contributed by atoms with Crippen molar-refractivity contribution < 1.29 is 13.2 Å². The molecule has 10 heavy (non-hydrogen) atoms. The molecular weight excluding hydrogens is 145 g/mol. The molecule has 2 nitrogen and oxygen atoms in total. The minimum atomic E-state index is -4.35. The summed E-state index contributed by atoms with van der Waals surface area (Å²) in [5, 5.41) is 0. The van der Waals surface area contributed by atoms with E-state index in [2.05, 4.69) is 12.4 Å². The molecule has 0 saturated heterocycles. The van der Waals surface area contributed by atoms with Crippen molar-refractivity contribution in [2.45, 2.75) is 19.1 Å². The van der Waals surface area contributed by atoms with Gasteiger partial charge in [-0.3, -0.25) is 5.84 Å². The highest BCUT2D eigenvalue weighted by Crippen LogP contribution is 2.23. The molecule has 0 aromatic rings. The van der Waals surface area contributed by atoms with Gasteiger partial charge in [-0.25, -0.2) is 5.43 Å². The number of rotatable bonds is 2. The van der Waals surface area contributed by atoms with E-state index in [9.17, 15) is 13.2 Å². The first kappa shape index (κ1) is 9.45. The number of nitrogens with one attached hydrogen (secondary N) is 1. The summed E-state index contributed by atoms with van der Waals surface area (Å²) in [5.74, 6) is 4.63. The van der Waals surface area contributed by atoms with Gasteiger partial charge >= 0.3 is 6.18 Å². The summed E-state index contributed by atoms with van der Waals surface area (Å²) in [7, 11) is 0. The number of nitrogens with two attached hydrogens (primary N) is 1. The van der Waals surface area contributed by atoms with E-state index in [1.54, 1.807) is 5.43 Å². The molecule has 0 heterocycles. The third-order valence-corrected chi connectivity index (χ3v) is 0.987. The average molecular weight is 154 g/mol. The van der Waals surface area contributed by atoms with Crippen LogP contribution in [0.5, 0.6) is 0 Å². The summed E-state index contributed by atoms with van der Waals surface area (Å²) in [6.45, 7) is 4.39. The molecule has 3 N–H and O–H groups in total. The van der Waals surface area contributed by atoms with Crippen LogP contribution in [0.1, 0.15) is 6.92 Å². The fraction of sp³-hybridized carbons (Fsp3) is 0.600. The molecule has 0 rings (SSSR count). The van der Waals surface area contributed by atoms with Crippen molar-refractivity contribution in [3.8, 4) is 0 Å². The molecule has 0 aliphatic heterocycles. The predicted octanol–water partition coefficient (Wildman–Crippen LogP) is 0.957. The zero-order valence-electron chi connectivity index (χ0n) is 5.50. The van der Waals surface area contributed by atoms with Crippen LogP contribution in [0.4, 0.5) is 13.2 Å². The number of alkyl halides is 3. The standard InChI is InChI=1S/C5H9F3N2/c1-3(2)4(10-9)5(6,7)8/h4,10H,1,9H2,2H3. The Kier molecular flexibility index (Phi) is 2.86. The van der Waals surface area contributed by atoms with Crippen molar-refractivity contribution in [1.29, 1.82) is 0 Å². The smallest absolute Gasteiger partial charge is 0.271 e. The van der Waals surface area contributed by atoms with Gasteiger partial charge in [0, 0.05) is 0 Å². The maximum Gasteiger partial charge on any atom is 0.408 e. The second-order valence-corrected chi connectivity index (χ2v) is 1.99. The van der Waals surface area contributed by atoms with Gasteiger partial charge in [0.1, 0.15) is 6.04 Å². The van der Waals surface area contributed by atoms with Crippen LogP contribution in [0.15, 0.2) is 12.2 Å². The van der Waals surface area contributed by atoms with E-state index in [4.69, 9.17) is 0 Å². The number of hydrogen-bond acceptors (Lipinski definition) is 2. The third kappa shape index (κ3) is 2.36. The van der Waals surface area contributed by atoms with E-state index in [1.165, 1.54) is 6.92 Å². The van der Waals surface area contributed by atoms with Gasteiger partial charge in [0.15, 0.2) is 0 Å². The number of halogens is 3. The fourth-order valence-electron chi connectivity index (χ4n) is 0.516. The van der Waals surface area contributed by atoms with Crippen LogP contribution in [0.25, 0.3) is 0 Å². The van der Waals surface area contributed by atoms with Gasteiger partial charge in [-0.15, -0.1) is 0 Å². The average Bonchev–Trinajstić information content (AvgIpc) is 1.60. The second-order valence-electron chi connectivity index (χ2n) is 1.99. The Bertz CT molecular complexity index is 129. The lowest BCUT2D eigenvalue weighted by Crippen LogP contribution is -2.46. The quantitative estimate of drug-likeness (QED) is 0.353. The fourth-order valence-corrected chi connectivity index (χ4v) is 0.516. The van der Waals surface area contributed by atoms with Crippen LogP contribution < -0.4 is 11.3 Å². The van der Waals surface area contributed by atoms with Crippen molar-refractivity contribution in [3.63, 3.8) is 0 Å². The lowest BCUT2D eigenvalue weighted by molar-refractivity contribution is -0.146. The van der Waals surface area contributed by atoms with Crippen LogP contribution in [0.2, 0.25) is 0 Å². The molecule has 0 saturated carbocycles. The molecule has 0 bridgehead atoms. The summed E-state index contributed by atoms with van der Waals surface area (Å²) in [5.41, 5.74) is 1.57. The molecule has 0 aromatic carbocycles. The molecule has 0 amide bonds. The van der Waals surface area contributed by atoms with Crippen molar-refractivity contribution in [1.82, 2.24) is 5.43 Å². The number of hydrogen-bond donors (Lipinski definition) is 2. The first-order valence-electron chi connectivity index (χ1n) is 2.58. The van der Waals surface area contributed by atoms with Crippen LogP contribution in [-0.2, 0) is 0 Å². The normalized spacial score (nSPS) is 14.9. The molecule has 0 aromatic heterocycles. The van der Waals surface area contributed by atoms with Crippen molar-refractivity contribution in [2.75, 3.05) is 0 Å². The van der Waals surface area contributed by atoms with E-state index >= 15 is 0 Å². The molecular formula is C5H9F3N2. The molecule has 0 fully saturated rings. The van der Waals surface area contributed by atoms with Crippen molar-refractivity contribution >= 4 is 0 Å². The molecule has 60 valence electrons. The van der Waals surface area contributed by atoms with Crippen molar-refractivity contribution in [3.05, 3.63) is 12.2 Å². The Labute approximate surface area is 56.9 Å². The summed E-state index contributed by atoms with van der Waals surface area (Å²) in [6.07, 6.45) is -4.35. The summed E-state index contributed by atoms with van der Waals surface area (Å²) < 4.78 is 35.3. The van der Waals surface area contributed by atoms with Gasteiger partial charge in [0.05, 0.1) is 0 Å². The Morgan fingerprint density at radius 1 is 1.60 bits per heavy atom. The van der Waals surface area contributed by atoms with Gasteiger partial charge in [0.25, 0.3) is 0 Å². The predicted molar refractivity (Wildman–Crippen MR) is 32.0 cm³/mol. The summed E-state index contributed by atoms with van der Waals surface area (Å²) in [4.78, 5) is 0. The molecule has 1 atom stereocenters. The highest BCUT2D eigenvalue weighted by molar-refractivity contribution is 5.04. The highest BCUT2D eigenvalue weighted by atomic mass is 19.4. The van der Waals surface area contributed by atoms with Gasteiger partial charge in [-0.05, 0) is 6.92 Å². The number of hydrazine groups is 1. The van der Waals surface area contributed by atoms with E-state index in [0.29, 0.717) is 0 Å². The van der Waals surface area contributed by atoms with Crippen LogP contribution in [-0.4, -0.2) is 12.2 Å². The summed E-state index contributed by atoms with van der Waals surface area (Å²) >= 11 is 0. The first-order chi connectivity index (χ1) is 4.39. The molecule has 0 radical (unpaired) electrons. The van der Waals surface area contributed by atoms with E-state index in [0.717, 1.165) is 0 Å². The first-order valence-corrected chi connectivity index (χ1v) is 2.58. The lowest BCUT2D eigenvalue weighted by Gasteiger charge is -2.18. The van der Waals surface area contributed by atoms with Crippen molar-refractivity contribution in [2.24, 2.45) is 5.84 Å². The third-order valence-electron chi connectivity index (χ3n) is 0.987. The lowest BCUT2D eigenvalue weighted by atomic mass is 10.1. The van der Waals surface area contributed by atoms with Gasteiger partial charge in [0.2, 0.25) is 0 Å². The molecule has 0 aliphatic carbocycles. The zero-order chi connectivity index (χ0) is 8.36. The van der Waals surface area contributed by atoms with E-state index in [1.807, 2.05) is 0 Å². The zero-order valence-corrected chi connectivity index (χ0v) is 5.50. The Morgan fingerprint density at radius 2 is 2.00 bits per heavy atom. The minimum Gasteiger partial charge on any atom is -0.271 e. The monoisotopic (exact) mass is 154 g/mol. The Hall–Kier alpha value is -0.550. The van der Waals surface area contributed by atoms with Crippen LogP contribution in [0, 0.1) is 0 Å². The van der Waals surface area contributed by atoms with E-state index < -0.39 is 12.2 Å².